The molecule has 364 valence electrons. The first-order valence-electron chi connectivity index (χ1n) is 20.9. The van der Waals surface area contributed by atoms with Crippen molar-refractivity contribution < 1.29 is 90.8 Å². The Balaban J connectivity index is -0.000000179. The minimum atomic E-state index is -1.15. The second-order valence-corrected chi connectivity index (χ2v) is 12.9. The molecule has 19 heteroatoms. The summed E-state index contributed by atoms with van der Waals surface area (Å²) in [4.78, 5) is 140. The quantitative estimate of drug-likeness (QED) is 0.0427. The first-order chi connectivity index (χ1) is 29.4. The van der Waals surface area contributed by atoms with Crippen molar-refractivity contribution in [3.63, 3.8) is 0 Å². The number of unbranched alkanes of at least 4 members (excludes halogenated alkanes) is 3. The molecule has 19 nitrogen and oxygen atoms in total. The highest BCUT2D eigenvalue weighted by Gasteiger charge is 2.21. The SMILES string of the molecule is CC.CC.CC(=O)CC(=O)OCC(COC(=O)CC(C)=O)OC(=O)CC(C)=O.CC(=O)CCCCCOC(=O)CC(C)=O.CCCCOC(=O)CC(C)=O.CCOC(=O)CC(C)=O. The number of esters is 6. The Morgan fingerprint density at radius 3 is 0.952 bits per heavy atom. The Morgan fingerprint density at radius 2 is 0.651 bits per heavy atom. The van der Waals surface area contributed by atoms with E-state index in [1.165, 1.54) is 41.5 Å². The van der Waals surface area contributed by atoms with Gasteiger partial charge in [-0.2, -0.15) is 0 Å². The first kappa shape index (κ1) is 69.2. The van der Waals surface area contributed by atoms with Gasteiger partial charge >= 0.3 is 35.8 Å². The van der Waals surface area contributed by atoms with Crippen molar-refractivity contribution in [1.29, 1.82) is 0 Å². The zero-order valence-corrected chi connectivity index (χ0v) is 39.9. The van der Waals surface area contributed by atoms with E-state index in [4.69, 9.17) is 23.7 Å². The molecule has 63 heavy (non-hydrogen) atoms. The zero-order valence-electron chi connectivity index (χ0n) is 39.9. The van der Waals surface area contributed by atoms with Crippen molar-refractivity contribution in [2.75, 3.05) is 33.0 Å². The Hall–Kier alpha value is -5.49. The van der Waals surface area contributed by atoms with E-state index in [9.17, 15) is 62.3 Å². The summed E-state index contributed by atoms with van der Waals surface area (Å²) < 4.78 is 28.4. The summed E-state index contributed by atoms with van der Waals surface area (Å²) in [5, 5.41) is 0. The van der Waals surface area contributed by atoms with Gasteiger partial charge in [0.25, 0.3) is 0 Å². The van der Waals surface area contributed by atoms with Gasteiger partial charge in [-0.15, -0.1) is 0 Å². The summed E-state index contributed by atoms with van der Waals surface area (Å²) >= 11 is 0. The summed E-state index contributed by atoms with van der Waals surface area (Å²) in [5.41, 5.74) is 0. The second-order valence-electron chi connectivity index (χ2n) is 12.9. The fourth-order valence-electron chi connectivity index (χ4n) is 3.52. The number of Topliss-reactive ketones (excluding diaryl/α,β-unsaturated/α-hetero) is 7. The Bertz CT molecular complexity index is 1370. The van der Waals surface area contributed by atoms with Crippen LogP contribution in [0.3, 0.4) is 0 Å². The van der Waals surface area contributed by atoms with Gasteiger partial charge in [0.05, 0.1) is 19.8 Å². The topological polar surface area (TPSA) is 277 Å². The van der Waals surface area contributed by atoms with Gasteiger partial charge in [-0.3, -0.25) is 57.5 Å². The molecule has 0 aromatic rings. The largest absolute Gasteiger partial charge is 0.466 e. The Morgan fingerprint density at radius 1 is 0.349 bits per heavy atom. The van der Waals surface area contributed by atoms with E-state index >= 15 is 0 Å². The normalized spacial score (nSPS) is 9.17. The Kier molecular flexibility index (Phi) is 54.0. The molecule has 0 fully saturated rings. The van der Waals surface area contributed by atoms with Crippen LogP contribution in [0.4, 0.5) is 0 Å². The molecule has 0 heterocycles. The molecule has 0 aromatic carbocycles. The summed E-state index contributed by atoms with van der Waals surface area (Å²) in [5.74, 6) is -5.39. The lowest BCUT2D eigenvalue weighted by atomic mass is 10.1. The van der Waals surface area contributed by atoms with Crippen molar-refractivity contribution in [1.82, 2.24) is 0 Å². The van der Waals surface area contributed by atoms with E-state index in [1.54, 1.807) is 13.8 Å². The van der Waals surface area contributed by atoms with Crippen LogP contribution in [0.1, 0.15) is 167 Å². The van der Waals surface area contributed by atoms with E-state index in [0.717, 1.165) is 32.1 Å². The summed E-state index contributed by atoms with van der Waals surface area (Å²) in [7, 11) is 0. The zero-order chi connectivity index (χ0) is 50.3. The maximum atomic E-state index is 11.5. The summed E-state index contributed by atoms with van der Waals surface area (Å²) in [6.45, 7) is 21.2. The maximum absolute atomic E-state index is 11.5. The molecule has 0 aliphatic rings. The van der Waals surface area contributed by atoms with Crippen LogP contribution in [0, 0.1) is 0 Å². The van der Waals surface area contributed by atoms with E-state index in [0.29, 0.717) is 26.2 Å². The van der Waals surface area contributed by atoms with Gasteiger partial charge < -0.3 is 33.2 Å². The molecule has 0 bridgehead atoms. The fourth-order valence-corrected chi connectivity index (χ4v) is 3.52. The molecular formula is C44H74O19. The van der Waals surface area contributed by atoms with Crippen LogP contribution in [0.25, 0.3) is 0 Å². The van der Waals surface area contributed by atoms with E-state index in [1.807, 2.05) is 34.6 Å². The summed E-state index contributed by atoms with van der Waals surface area (Å²) in [6, 6.07) is 0. The molecule has 0 N–H and O–H groups in total. The molecule has 0 atom stereocenters. The number of ketones is 7. The van der Waals surface area contributed by atoms with Gasteiger partial charge in [0, 0.05) is 6.42 Å². The van der Waals surface area contributed by atoms with Crippen molar-refractivity contribution >= 4 is 76.3 Å². The minimum Gasteiger partial charge on any atom is -0.466 e. The third-order valence-electron chi connectivity index (χ3n) is 6.02. The van der Waals surface area contributed by atoms with Crippen LogP contribution in [-0.2, 0) is 90.8 Å². The number of carbonyl (C=O) groups is 13. The van der Waals surface area contributed by atoms with Crippen LogP contribution in [0.5, 0.6) is 0 Å². The van der Waals surface area contributed by atoms with Gasteiger partial charge in [0.1, 0.15) is 92.2 Å². The monoisotopic (exact) mass is 906 g/mol. The third-order valence-corrected chi connectivity index (χ3v) is 6.02. The maximum Gasteiger partial charge on any atom is 0.313 e. The molecule has 0 saturated heterocycles. The molecule has 0 aromatic heterocycles. The van der Waals surface area contributed by atoms with E-state index in [2.05, 4.69) is 4.74 Å². The molecule has 0 rings (SSSR count). The van der Waals surface area contributed by atoms with Gasteiger partial charge in [-0.25, -0.2) is 0 Å². The van der Waals surface area contributed by atoms with Crippen molar-refractivity contribution in [2.24, 2.45) is 0 Å². The smallest absolute Gasteiger partial charge is 0.313 e. The van der Waals surface area contributed by atoms with Crippen LogP contribution >= 0.6 is 0 Å². The van der Waals surface area contributed by atoms with Crippen molar-refractivity contribution in [3.05, 3.63) is 0 Å². The molecule has 0 radical (unpaired) electrons. The molecule has 0 unspecified atom stereocenters. The first-order valence-corrected chi connectivity index (χ1v) is 20.9. The second kappa shape index (κ2) is 49.2. The molecule has 0 spiro atoms. The summed E-state index contributed by atoms with van der Waals surface area (Å²) in [6.07, 6.45) is 2.02. The predicted molar refractivity (Wildman–Crippen MR) is 229 cm³/mol. The van der Waals surface area contributed by atoms with Crippen molar-refractivity contribution in [2.45, 2.75) is 173 Å². The number of hydrogen-bond donors (Lipinski definition) is 0. The third kappa shape index (κ3) is 68.5. The van der Waals surface area contributed by atoms with Gasteiger partial charge in [0.15, 0.2) is 6.10 Å². The van der Waals surface area contributed by atoms with Crippen LogP contribution in [0.15, 0.2) is 0 Å². The number of hydrogen-bond acceptors (Lipinski definition) is 19. The fraction of sp³-hybridized carbons (Fsp3) is 0.705. The lowest BCUT2D eigenvalue weighted by Gasteiger charge is -2.17. The number of rotatable bonds is 27. The van der Waals surface area contributed by atoms with Gasteiger partial charge in [-0.05, 0) is 81.1 Å². The van der Waals surface area contributed by atoms with E-state index < -0.39 is 91.7 Å². The highest BCUT2D eigenvalue weighted by Crippen LogP contribution is 2.03. The predicted octanol–water partition coefficient (Wildman–Crippen LogP) is 5.47. The standard InChI is InChI=1S/C15H20O9.C11H18O4.C8H14O3.C6H10O3.2C2H6/c1-9(16)4-13(19)22-7-12(24-15(21)6-11(3)18)8-23-14(20)5-10(2)17;1-9(12)6-4-3-5-7-15-11(14)8-10(2)13;1-3-4-5-11-8(10)6-7(2)9;1-3-9-6(8)4-5(2)7;2*1-2/h12H,4-8H2,1-3H3;3-8H2,1-2H3;3-6H2,1-2H3;3-4H2,1-2H3;2*1-2H3. The molecule has 0 amide bonds. The highest BCUT2D eigenvalue weighted by atomic mass is 16.6. The van der Waals surface area contributed by atoms with Crippen LogP contribution < -0.4 is 0 Å². The van der Waals surface area contributed by atoms with Crippen molar-refractivity contribution in [3.8, 4) is 0 Å². The molecule has 0 saturated carbocycles. The van der Waals surface area contributed by atoms with Crippen LogP contribution in [0.2, 0.25) is 0 Å². The number of carbonyl (C=O) groups excluding carboxylic acids is 13. The van der Waals surface area contributed by atoms with E-state index in [-0.39, 0.29) is 42.4 Å². The minimum absolute atomic E-state index is 0.0935. The number of ether oxygens (including phenoxy) is 6. The average molecular weight is 907 g/mol. The highest BCUT2D eigenvalue weighted by molar-refractivity contribution is 5.96. The molecular weight excluding hydrogens is 832 g/mol. The van der Waals surface area contributed by atoms with Gasteiger partial charge in [0.2, 0.25) is 0 Å². The van der Waals surface area contributed by atoms with Crippen LogP contribution in [-0.4, -0.2) is 115 Å². The molecule has 0 aliphatic heterocycles. The Labute approximate surface area is 372 Å². The van der Waals surface area contributed by atoms with Gasteiger partial charge in [-0.1, -0.05) is 41.0 Å². The lowest BCUT2D eigenvalue weighted by molar-refractivity contribution is -0.167. The average Bonchev–Trinajstić information content (AvgIpc) is 3.15. The molecule has 0 aliphatic carbocycles. The lowest BCUT2D eigenvalue weighted by Crippen LogP contribution is -2.31.